The van der Waals surface area contributed by atoms with Crippen LogP contribution in [0.4, 0.5) is 0 Å². The minimum absolute atomic E-state index is 0.261. The molecule has 0 aromatic heterocycles. The van der Waals surface area contributed by atoms with Crippen LogP contribution in [0.2, 0.25) is 0 Å². The van der Waals surface area contributed by atoms with Gasteiger partial charge in [-0.1, -0.05) is 20.3 Å². The predicted octanol–water partition coefficient (Wildman–Crippen LogP) is 1.48. The van der Waals surface area contributed by atoms with Gasteiger partial charge in [0.05, 0.1) is 6.10 Å². The normalized spacial score (nSPS) is 19.4. The molecule has 2 heteroatoms. The molecule has 2 unspecified atom stereocenters. The molecule has 2 nitrogen and oxygen atoms in total. The smallest absolute Gasteiger partial charge is 0.0529 e. The lowest BCUT2D eigenvalue weighted by atomic mass is 9.86. The van der Waals surface area contributed by atoms with Gasteiger partial charge in [0.15, 0.2) is 0 Å². The summed E-state index contributed by atoms with van der Waals surface area (Å²) in [6.07, 6.45) is 4.31. The first kappa shape index (κ1) is 10.9. The Bertz CT molecular complexity index is 104. The number of hydrogen-bond donors (Lipinski definition) is 2. The minimum Gasteiger partial charge on any atom is -0.393 e. The van der Waals surface area contributed by atoms with Crippen molar-refractivity contribution in [2.75, 3.05) is 0 Å². The lowest BCUT2D eigenvalue weighted by Crippen LogP contribution is -2.42. The molecule has 0 aliphatic carbocycles. The van der Waals surface area contributed by atoms with Crippen LogP contribution in [0.15, 0.2) is 0 Å². The highest BCUT2D eigenvalue weighted by Gasteiger charge is 2.23. The third-order valence-corrected chi connectivity index (χ3v) is 1.94. The zero-order valence-corrected chi connectivity index (χ0v) is 7.80. The quantitative estimate of drug-likeness (QED) is 0.636. The van der Waals surface area contributed by atoms with Crippen LogP contribution in [0.25, 0.3) is 0 Å². The summed E-state index contributed by atoms with van der Waals surface area (Å²) in [6.45, 7) is 5.90. The van der Waals surface area contributed by atoms with E-state index in [4.69, 9.17) is 10.8 Å². The largest absolute Gasteiger partial charge is 0.393 e. The molecular formula is C9H20NO. The van der Waals surface area contributed by atoms with Gasteiger partial charge < -0.3 is 10.8 Å². The fourth-order valence-corrected chi connectivity index (χ4v) is 1.33. The van der Waals surface area contributed by atoms with E-state index in [0.717, 1.165) is 12.8 Å². The zero-order valence-electron chi connectivity index (χ0n) is 7.80. The van der Waals surface area contributed by atoms with Crippen molar-refractivity contribution >= 4 is 0 Å². The van der Waals surface area contributed by atoms with E-state index in [9.17, 15) is 0 Å². The molecule has 0 saturated heterocycles. The Morgan fingerprint density at radius 1 is 1.55 bits per heavy atom. The molecule has 0 aliphatic heterocycles. The van der Waals surface area contributed by atoms with Crippen molar-refractivity contribution in [1.82, 2.24) is 0 Å². The molecule has 1 radical (unpaired) electrons. The first-order valence-corrected chi connectivity index (χ1v) is 4.35. The van der Waals surface area contributed by atoms with Crippen molar-refractivity contribution < 1.29 is 5.11 Å². The van der Waals surface area contributed by atoms with E-state index >= 15 is 0 Å². The maximum absolute atomic E-state index is 9.15. The van der Waals surface area contributed by atoms with Gasteiger partial charge in [0, 0.05) is 5.54 Å². The van der Waals surface area contributed by atoms with Crippen molar-refractivity contribution in [2.45, 2.75) is 51.7 Å². The molecule has 67 valence electrons. The lowest BCUT2D eigenvalue weighted by molar-refractivity contribution is 0.154. The van der Waals surface area contributed by atoms with Gasteiger partial charge >= 0.3 is 0 Å². The molecule has 0 aliphatic rings. The summed E-state index contributed by atoms with van der Waals surface area (Å²) < 4.78 is 0. The van der Waals surface area contributed by atoms with Crippen molar-refractivity contribution in [2.24, 2.45) is 5.73 Å². The summed E-state index contributed by atoms with van der Waals surface area (Å²) in [5.41, 5.74) is 5.73. The molecule has 2 atom stereocenters. The van der Waals surface area contributed by atoms with Crippen molar-refractivity contribution in [3.63, 3.8) is 0 Å². The SMILES string of the molecule is CC[CH]C(N)(CC)CC(C)O. The Balaban J connectivity index is 3.87. The highest BCUT2D eigenvalue weighted by Crippen LogP contribution is 2.18. The average Bonchev–Trinajstić information content (AvgIpc) is 1.87. The third-order valence-electron chi connectivity index (χ3n) is 1.94. The van der Waals surface area contributed by atoms with Crippen molar-refractivity contribution in [3.8, 4) is 0 Å². The van der Waals surface area contributed by atoms with Crippen LogP contribution in [0, 0.1) is 6.42 Å². The maximum Gasteiger partial charge on any atom is 0.0529 e. The van der Waals surface area contributed by atoms with Crippen molar-refractivity contribution in [3.05, 3.63) is 6.42 Å². The Hall–Kier alpha value is -0.0800. The molecule has 0 saturated carbocycles. The second-order valence-electron chi connectivity index (χ2n) is 3.25. The summed E-state index contributed by atoms with van der Waals surface area (Å²) in [4.78, 5) is 0. The van der Waals surface area contributed by atoms with Gasteiger partial charge in [-0.25, -0.2) is 0 Å². The second-order valence-corrected chi connectivity index (χ2v) is 3.25. The first-order valence-electron chi connectivity index (χ1n) is 4.35. The highest BCUT2D eigenvalue weighted by atomic mass is 16.3. The van der Waals surface area contributed by atoms with Crippen LogP contribution in [-0.4, -0.2) is 16.7 Å². The molecule has 0 amide bonds. The predicted molar refractivity (Wildman–Crippen MR) is 48.1 cm³/mol. The van der Waals surface area contributed by atoms with Gasteiger partial charge in [0.2, 0.25) is 0 Å². The van der Waals surface area contributed by atoms with E-state index in [1.165, 1.54) is 0 Å². The summed E-state index contributed by atoms with van der Waals surface area (Å²) in [5.74, 6) is 0. The third kappa shape index (κ3) is 4.38. The number of nitrogens with two attached hydrogens (primary N) is 1. The van der Waals surface area contributed by atoms with E-state index < -0.39 is 0 Å². The van der Waals surface area contributed by atoms with Crippen LogP contribution >= 0.6 is 0 Å². The van der Waals surface area contributed by atoms with E-state index in [1.54, 1.807) is 6.92 Å². The number of hydrogen-bond acceptors (Lipinski definition) is 2. The second kappa shape index (κ2) is 4.73. The van der Waals surface area contributed by atoms with Gasteiger partial charge in [-0.15, -0.1) is 0 Å². The fraction of sp³-hybridized carbons (Fsp3) is 0.889. The van der Waals surface area contributed by atoms with E-state index in [0.29, 0.717) is 6.42 Å². The van der Waals surface area contributed by atoms with Crippen LogP contribution in [0.3, 0.4) is 0 Å². The van der Waals surface area contributed by atoms with E-state index in [-0.39, 0.29) is 11.6 Å². The number of rotatable bonds is 5. The number of aliphatic hydroxyl groups excluding tert-OH is 1. The molecule has 3 N–H and O–H groups in total. The Morgan fingerprint density at radius 2 is 2.09 bits per heavy atom. The van der Waals surface area contributed by atoms with Crippen LogP contribution in [-0.2, 0) is 0 Å². The molecule has 0 aromatic carbocycles. The van der Waals surface area contributed by atoms with E-state index in [1.807, 2.05) is 0 Å². The maximum atomic E-state index is 9.15. The molecule has 0 bridgehead atoms. The topological polar surface area (TPSA) is 46.2 Å². The van der Waals surface area contributed by atoms with Crippen molar-refractivity contribution in [1.29, 1.82) is 0 Å². The molecule has 11 heavy (non-hydrogen) atoms. The van der Waals surface area contributed by atoms with Gasteiger partial charge in [-0.05, 0) is 26.2 Å². The van der Waals surface area contributed by atoms with Gasteiger partial charge in [0.1, 0.15) is 0 Å². The van der Waals surface area contributed by atoms with Crippen LogP contribution < -0.4 is 5.73 Å². The van der Waals surface area contributed by atoms with Gasteiger partial charge in [-0.3, -0.25) is 0 Å². The molecule has 0 heterocycles. The monoisotopic (exact) mass is 158 g/mol. The Kier molecular flexibility index (Phi) is 4.69. The molecule has 0 fully saturated rings. The zero-order chi connectivity index (χ0) is 8.91. The highest BCUT2D eigenvalue weighted by molar-refractivity contribution is 4.96. The molecule has 0 aromatic rings. The molecular weight excluding hydrogens is 138 g/mol. The standard InChI is InChI=1S/C9H20NO/c1-4-6-9(10,5-2)7-8(3)11/h6,8,11H,4-5,7,10H2,1-3H3. The summed E-state index contributed by atoms with van der Waals surface area (Å²) >= 11 is 0. The average molecular weight is 158 g/mol. The minimum atomic E-state index is -0.303. The van der Waals surface area contributed by atoms with Gasteiger partial charge in [-0.2, -0.15) is 0 Å². The molecule has 0 rings (SSSR count). The van der Waals surface area contributed by atoms with E-state index in [2.05, 4.69) is 20.3 Å². The van der Waals surface area contributed by atoms with Gasteiger partial charge in [0.25, 0.3) is 0 Å². The fourth-order valence-electron chi connectivity index (χ4n) is 1.33. The summed E-state index contributed by atoms with van der Waals surface area (Å²) in [5, 5.41) is 9.15. The number of aliphatic hydroxyl groups is 1. The Morgan fingerprint density at radius 3 is 2.36 bits per heavy atom. The first-order chi connectivity index (χ1) is 5.04. The van der Waals surface area contributed by atoms with Crippen LogP contribution in [0.5, 0.6) is 0 Å². The lowest BCUT2D eigenvalue weighted by Gasteiger charge is -2.28. The summed E-state index contributed by atoms with van der Waals surface area (Å²) in [7, 11) is 0. The Labute approximate surface area is 69.8 Å². The summed E-state index contributed by atoms with van der Waals surface area (Å²) in [6, 6.07) is 0. The molecule has 0 spiro atoms. The van der Waals surface area contributed by atoms with Crippen LogP contribution in [0.1, 0.15) is 40.0 Å².